The quantitative estimate of drug-likeness (QED) is 0.788. The molecule has 1 aliphatic rings. The van der Waals surface area contributed by atoms with Gasteiger partial charge in [-0.25, -0.2) is 0 Å². The van der Waals surface area contributed by atoms with Gasteiger partial charge in [0.05, 0.1) is 17.7 Å². The van der Waals surface area contributed by atoms with Gasteiger partial charge < -0.3 is 4.74 Å². The number of rotatable bonds is 4. The summed E-state index contributed by atoms with van der Waals surface area (Å²) in [5.74, 6) is 0.263. The van der Waals surface area contributed by atoms with Crippen LogP contribution in [0, 0.1) is 17.2 Å². The predicted molar refractivity (Wildman–Crippen MR) is 78.0 cm³/mol. The molecular weight excluding hydrogens is 250 g/mol. The standard InChI is InChI=1S/C17H19NO2/c1-20-16-4-2-3-15(11-16)17(19)10-9-13-5-7-14(12-18)8-6-13/h5-10,15-16H,2-4,11H2,1H3/b10-9+/t15-,16?/m0/s1. The SMILES string of the molecule is COC1CCC[C@H](C(=O)/C=C/c2ccc(C#N)cc2)C1. The molecule has 0 spiro atoms. The van der Waals surface area contributed by atoms with E-state index in [1.54, 1.807) is 25.3 Å². The monoisotopic (exact) mass is 269 g/mol. The fourth-order valence-corrected chi connectivity index (χ4v) is 2.60. The van der Waals surface area contributed by atoms with E-state index in [-0.39, 0.29) is 17.8 Å². The molecule has 1 saturated carbocycles. The highest BCUT2D eigenvalue weighted by molar-refractivity contribution is 5.95. The molecule has 1 aromatic rings. The lowest BCUT2D eigenvalue weighted by atomic mass is 9.84. The third-order valence-electron chi connectivity index (χ3n) is 3.84. The van der Waals surface area contributed by atoms with Crippen molar-refractivity contribution in [2.24, 2.45) is 5.92 Å². The van der Waals surface area contributed by atoms with Crippen LogP contribution < -0.4 is 0 Å². The fraction of sp³-hybridized carbons (Fsp3) is 0.412. The third kappa shape index (κ3) is 3.79. The normalized spacial score (nSPS) is 22.6. The molecule has 1 aliphatic carbocycles. The van der Waals surface area contributed by atoms with Crippen molar-refractivity contribution in [3.63, 3.8) is 0 Å². The van der Waals surface area contributed by atoms with Crippen molar-refractivity contribution >= 4 is 11.9 Å². The van der Waals surface area contributed by atoms with Gasteiger partial charge in [0.2, 0.25) is 0 Å². The van der Waals surface area contributed by atoms with E-state index in [9.17, 15) is 4.79 Å². The van der Waals surface area contributed by atoms with Gasteiger partial charge in [-0.15, -0.1) is 0 Å². The zero-order valence-corrected chi connectivity index (χ0v) is 11.7. The number of nitrogens with zero attached hydrogens (tertiary/aromatic N) is 1. The van der Waals surface area contributed by atoms with Crippen LogP contribution in [0.2, 0.25) is 0 Å². The number of ketones is 1. The zero-order chi connectivity index (χ0) is 14.4. The van der Waals surface area contributed by atoms with Crippen LogP contribution in [-0.2, 0) is 9.53 Å². The maximum atomic E-state index is 12.2. The van der Waals surface area contributed by atoms with Gasteiger partial charge in [-0.05, 0) is 43.0 Å². The van der Waals surface area contributed by atoms with Crippen LogP contribution in [0.3, 0.4) is 0 Å². The lowest BCUT2D eigenvalue weighted by Gasteiger charge is -2.26. The number of ether oxygens (including phenoxy) is 1. The molecule has 0 N–H and O–H groups in total. The molecule has 104 valence electrons. The Morgan fingerprint density at radius 1 is 1.35 bits per heavy atom. The largest absolute Gasteiger partial charge is 0.381 e. The van der Waals surface area contributed by atoms with Crippen LogP contribution in [0.15, 0.2) is 30.3 Å². The summed E-state index contributed by atoms with van der Waals surface area (Å²) in [6.45, 7) is 0. The Kier molecular flexibility index (Phi) is 5.09. The highest BCUT2D eigenvalue weighted by Crippen LogP contribution is 2.27. The summed E-state index contributed by atoms with van der Waals surface area (Å²) in [7, 11) is 1.71. The predicted octanol–water partition coefficient (Wildman–Crippen LogP) is 3.35. The molecule has 0 amide bonds. The van der Waals surface area contributed by atoms with Crippen molar-refractivity contribution in [1.29, 1.82) is 5.26 Å². The topological polar surface area (TPSA) is 50.1 Å². The van der Waals surface area contributed by atoms with E-state index in [0.717, 1.165) is 31.2 Å². The van der Waals surface area contributed by atoms with E-state index in [4.69, 9.17) is 10.00 Å². The van der Waals surface area contributed by atoms with Crippen molar-refractivity contribution in [3.8, 4) is 6.07 Å². The van der Waals surface area contributed by atoms with Crippen LogP contribution in [-0.4, -0.2) is 19.0 Å². The molecule has 0 radical (unpaired) electrons. The lowest BCUT2D eigenvalue weighted by Crippen LogP contribution is -2.26. The average molecular weight is 269 g/mol. The highest BCUT2D eigenvalue weighted by Gasteiger charge is 2.25. The number of methoxy groups -OCH3 is 1. The summed E-state index contributed by atoms with van der Waals surface area (Å²) in [4.78, 5) is 12.2. The van der Waals surface area contributed by atoms with Crippen LogP contribution >= 0.6 is 0 Å². The minimum Gasteiger partial charge on any atom is -0.381 e. The molecule has 20 heavy (non-hydrogen) atoms. The highest BCUT2D eigenvalue weighted by atomic mass is 16.5. The van der Waals surface area contributed by atoms with Crippen molar-refractivity contribution in [1.82, 2.24) is 0 Å². The molecule has 1 aromatic carbocycles. The molecule has 2 atom stereocenters. The molecule has 0 bridgehead atoms. The number of hydrogen-bond donors (Lipinski definition) is 0. The van der Waals surface area contributed by atoms with E-state index in [1.165, 1.54) is 0 Å². The Balaban J connectivity index is 1.96. The zero-order valence-electron chi connectivity index (χ0n) is 11.7. The van der Waals surface area contributed by atoms with Gasteiger partial charge in [0.25, 0.3) is 0 Å². The van der Waals surface area contributed by atoms with Crippen LogP contribution in [0.4, 0.5) is 0 Å². The second-order valence-corrected chi connectivity index (χ2v) is 5.19. The Bertz CT molecular complexity index is 525. The molecule has 1 unspecified atom stereocenters. The van der Waals surface area contributed by atoms with E-state index in [1.807, 2.05) is 18.2 Å². The molecule has 0 saturated heterocycles. The van der Waals surface area contributed by atoms with Gasteiger partial charge in [-0.1, -0.05) is 24.6 Å². The minimum absolute atomic E-state index is 0.0864. The first-order chi connectivity index (χ1) is 9.72. The van der Waals surface area contributed by atoms with Crippen molar-refractivity contribution in [2.75, 3.05) is 7.11 Å². The molecule has 0 aliphatic heterocycles. The molecule has 3 heteroatoms. The van der Waals surface area contributed by atoms with Crippen LogP contribution in [0.1, 0.15) is 36.8 Å². The summed E-state index contributed by atoms with van der Waals surface area (Å²) in [6, 6.07) is 9.29. The van der Waals surface area contributed by atoms with Crippen molar-refractivity contribution in [3.05, 3.63) is 41.5 Å². The van der Waals surface area contributed by atoms with E-state index >= 15 is 0 Å². The first kappa shape index (κ1) is 14.5. The van der Waals surface area contributed by atoms with Crippen molar-refractivity contribution in [2.45, 2.75) is 31.8 Å². The lowest BCUT2D eigenvalue weighted by molar-refractivity contribution is -0.120. The molecule has 3 nitrogen and oxygen atoms in total. The molecule has 1 fully saturated rings. The van der Waals surface area contributed by atoms with Gasteiger partial charge >= 0.3 is 0 Å². The third-order valence-corrected chi connectivity index (χ3v) is 3.84. The van der Waals surface area contributed by atoms with Gasteiger partial charge in [0.15, 0.2) is 5.78 Å². The molecule has 2 rings (SSSR count). The van der Waals surface area contributed by atoms with E-state index < -0.39 is 0 Å². The minimum atomic E-state index is 0.0864. The van der Waals surface area contributed by atoms with Gasteiger partial charge in [0, 0.05) is 13.0 Å². The summed E-state index contributed by atoms with van der Waals surface area (Å²) < 4.78 is 5.35. The summed E-state index contributed by atoms with van der Waals surface area (Å²) in [6.07, 6.45) is 7.59. The van der Waals surface area contributed by atoms with Gasteiger partial charge in [-0.3, -0.25) is 4.79 Å². The molecule has 0 aromatic heterocycles. The fourth-order valence-electron chi connectivity index (χ4n) is 2.60. The molecule has 0 heterocycles. The number of carbonyl (C=O) groups excluding carboxylic acids is 1. The maximum absolute atomic E-state index is 12.2. The summed E-state index contributed by atoms with van der Waals surface area (Å²) in [5, 5.41) is 8.73. The van der Waals surface area contributed by atoms with E-state index in [0.29, 0.717) is 5.56 Å². The van der Waals surface area contributed by atoms with Gasteiger partial charge in [0.1, 0.15) is 0 Å². The Labute approximate surface area is 119 Å². The summed E-state index contributed by atoms with van der Waals surface area (Å²) in [5.41, 5.74) is 1.57. The number of benzene rings is 1. The number of hydrogen-bond acceptors (Lipinski definition) is 3. The van der Waals surface area contributed by atoms with E-state index in [2.05, 4.69) is 6.07 Å². The Morgan fingerprint density at radius 2 is 2.10 bits per heavy atom. The van der Waals surface area contributed by atoms with Crippen LogP contribution in [0.5, 0.6) is 0 Å². The van der Waals surface area contributed by atoms with Crippen molar-refractivity contribution < 1.29 is 9.53 Å². The second kappa shape index (κ2) is 7.02. The first-order valence-corrected chi connectivity index (χ1v) is 6.98. The average Bonchev–Trinajstić information content (AvgIpc) is 2.53. The smallest absolute Gasteiger partial charge is 0.158 e. The Morgan fingerprint density at radius 3 is 2.75 bits per heavy atom. The summed E-state index contributed by atoms with van der Waals surface area (Å²) >= 11 is 0. The number of nitriles is 1. The maximum Gasteiger partial charge on any atom is 0.158 e. The number of allylic oxidation sites excluding steroid dienone is 1. The first-order valence-electron chi connectivity index (χ1n) is 6.98. The Hall–Kier alpha value is -1.92. The van der Waals surface area contributed by atoms with Crippen LogP contribution in [0.25, 0.3) is 6.08 Å². The number of carbonyl (C=O) groups is 1. The molecular formula is C17H19NO2. The van der Waals surface area contributed by atoms with Gasteiger partial charge in [-0.2, -0.15) is 5.26 Å². The second-order valence-electron chi connectivity index (χ2n) is 5.19.